The topological polar surface area (TPSA) is 117 Å². The maximum absolute atomic E-state index is 12.5. The fourth-order valence-electron chi connectivity index (χ4n) is 2.93. The van der Waals surface area contributed by atoms with Crippen molar-refractivity contribution in [3.63, 3.8) is 0 Å². The van der Waals surface area contributed by atoms with Crippen LogP contribution in [0.1, 0.15) is 39.5 Å². The maximum atomic E-state index is 12.5. The highest BCUT2D eigenvalue weighted by molar-refractivity contribution is 5.96. The van der Waals surface area contributed by atoms with Gasteiger partial charge in [0.05, 0.1) is 25.4 Å². The number of nitrogens with zero attached hydrogens (tertiary/aromatic N) is 2. The van der Waals surface area contributed by atoms with E-state index in [4.69, 9.17) is 9.47 Å². The van der Waals surface area contributed by atoms with Crippen LogP contribution in [-0.2, 0) is 23.9 Å². The van der Waals surface area contributed by atoms with Crippen LogP contribution in [0.4, 0.5) is 0 Å². The summed E-state index contributed by atoms with van der Waals surface area (Å²) in [5.41, 5.74) is -2.16. The minimum Gasteiger partial charge on any atom is -0.465 e. The predicted octanol–water partition coefficient (Wildman–Crippen LogP) is 1.52. The van der Waals surface area contributed by atoms with Crippen LogP contribution >= 0.6 is 0 Å². The molecule has 0 amide bonds. The Hall–Kier alpha value is -2.41. The Labute approximate surface area is 135 Å². The Kier molecular flexibility index (Phi) is 6.71. The molecule has 124 valence electrons. The van der Waals surface area contributed by atoms with E-state index in [-0.39, 0.29) is 31.8 Å². The fourth-order valence-corrected chi connectivity index (χ4v) is 2.93. The van der Waals surface area contributed by atoms with Gasteiger partial charge < -0.3 is 9.47 Å². The second kappa shape index (κ2) is 8.28. The molecule has 7 heteroatoms. The third-order valence-electron chi connectivity index (χ3n) is 4.01. The molecule has 0 radical (unpaired) electrons. The molecule has 1 saturated carbocycles. The molecule has 7 nitrogen and oxygen atoms in total. The van der Waals surface area contributed by atoms with Gasteiger partial charge in [-0.1, -0.05) is 6.42 Å². The van der Waals surface area contributed by atoms with Crippen molar-refractivity contribution in [2.75, 3.05) is 13.2 Å². The standard InChI is InChI=1S/C16H20N2O5/c1-3-22-14(20)12(9-17)16(10-18,15(21)23-4-2)11-7-5-6-8-13(11)19/h11-12H,3-8H2,1-2H3. The SMILES string of the molecule is CCOC(=O)C(C#N)C(C#N)(C(=O)OCC)C1CCCCC1=O. The molecule has 0 aliphatic heterocycles. The van der Waals surface area contributed by atoms with Crippen LogP contribution < -0.4 is 0 Å². The van der Waals surface area contributed by atoms with Crippen molar-refractivity contribution in [2.24, 2.45) is 17.3 Å². The molecule has 1 rings (SSSR count). The van der Waals surface area contributed by atoms with Crippen molar-refractivity contribution < 1.29 is 23.9 Å². The fraction of sp³-hybridized carbons (Fsp3) is 0.688. The van der Waals surface area contributed by atoms with E-state index in [1.165, 1.54) is 0 Å². The molecule has 1 aliphatic carbocycles. The number of ether oxygens (including phenoxy) is 2. The monoisotopic (exact) mass is 320 g/mol. The minimum atomic E-state index is -2.16. The second-order valence-corrected chi connectivity index (χ2v) is 5.28. The van der Waals surface area contributed by atoms with E-state index in [9.17, 15) is 24.9 Å². The number of esters is 2. The van der Waals surface area contributed by atoms with Gasteiger partial charge >= 0.3 is 11.9 Å². The van der Waals surface area contributed by atoms with Gasteiger partial charge in [0.15, 0.2) is 11.3 Å². The zero-order valence-corrected chi connectivity index (χ0v) is 13.3. The van der Waals surface area contributed by atoms with E-state index in [1.54, 1.807) is 26.0 Å². The molecule has 0 aromatic rings. The molecule has 3 atom stereocenters. The van der Waals surface area contributed by atoms with Gasteiger partial charge in [0.2, 0.25) is 0 Å². The van der Waals surface area contributed by atoms with Crippen LogP contribution in [0.25, 0.3) is 0 Å². The van der Waals surface area contributed by atoms with Crippen LogP contribution in [0.5, 0.6) is 0 Å². The quantitative estimate of drug-likeness (QED) is 0.681. The number of ketones is 1. The maximum Gasteiger partial charge on any atom is 0.329 e. The summed E-state index contributed by atoms with van der Waals surface area (Å²) < 4.78 is 9.76. The first-order valence-electron chi connectivity index (χ1n) is 7.66. The van der Waals surface area contributed by atoms with Crippen molar-refractivity contribution in [1.82, 2.24) is 0 Å². The zero-order chi connectivity index (χ0) is 17.5. The number of carbonyl (C=O) groups is 3. The summed E-state index contributed by atoms with van der Waals surface area (Å²) >= 11 is 0. The molecule has 3 unspecified atom stereocenters. The molecular weight excluding hydrogens is 300 g/mol. The average Bonchev–Trinajstić information content (AvgIpc) is 2.53. The van der Waals surface area contributed by atoms with Crippen molar-refractivity contribution in [3.05, 3.63) is 0 Å². The van der Waals surface area contributed by atoms with Crippen LogP contribution in [0.15, 0.2) is 0 Å². The molecule has 0 saturated heterocycles. The van der Waals surface area contributed by atoms with Crippen molar-refractivity contribution >= 4 is 17.7 Å². The van der Waals surface area contributed by atoms with Crippen molar-refractivity contribution in [1.29, 1.82) is 10.5 Å². The summed E-state index contributed by atoms with van der Waals surface area (Å²) in [7, 11) is 0. The first kappa shape index (κ1) is 18.6. The number of hydrogen-bond acceptors (Lipinski definition) is 7. The van der Waals surface area contributed by atoms with E-state index in [1.807, 2.05) is 0 Å². The Bertz CT molecular complexity index is 560. The number of nitriles is 2. The number of Topliss-reactive ketones (excluding diaryl/α,β-unsaturated/α-hetero) is 1. The highest BCUT2D eigenvalue weighted by Gasteiger charge is 2.60. The van der Waals surface area contributed by atoms with E-state index in [2.05, 4.69) is 0 Å². The van der Waals surface area contributed by atoms with Gasteiger partial charge in [0.25, 0.3) is 0 Å². The zero-order valence-electron chi connectivity index (χ0n) is 13.3. The van der Waals surface area contributed by atoms with E-state index >= 15 is 0 Å². The second-order valence-electron chi connectivity index (χ2n) is 5.28. The number of carbonyl (C=O) groups excluding carboxylic acids is 3. The normalized spacial score (nSPS) is 21.2. The van der Waals surface area contributed by atoms with Gasteiger partial charge in [-0.05, 0) is 26.7 Å². The summed E-state index contributed by atoms with van der Waals surface area (Å²) in [6.45, 7) is 3.08. The van der Waals surface area contributed by atoms with E-state index < -0.39 is 29.2 Å². The summed E-state index contributed by atoms with van der Waals surface area (Å²) in [5, 5.41) is 19.1. The summed E-state index contributed by atoms with van der Waals surface area (Å²) in [6.07, 6.45) is 1.79. The lowest BCUT2D eigenvalue weighted by Gasteiger charge is -2.35. The van der Waals surface area contributed by atoms with Crippen molar-refractivity contribution in [2.45, 2.75) is 39.5 Å². The molecule has 1 aliphatic rings. The molecule has 0 heterocycles. The third-order valence-corrected chi connectivity index (χ3v) is 4.01. The van der Waals surface area contributed by atoms with Gasteiger partial charge in [-0.25, -0.2) is 0 Å². The Morgan fingerprint density at radius 3 is 2.39 bits per heavy atom. The lowest BCUT2D eigenvalue weighted by atomic mass is 9.62. The molecule has 0 aromatic heterocycles. The lowest BCUT2D eigenvalue weighted by molar-refractivity contribution is -0.168. The predicted molar refractivity (Wildman–Crippen MR) is 77.4 cm³/mol. The average molecular weight is 320 g/mol. The number of rotatable bonds is 6. The molecule has 23 heavy (non-hydrogen) atoms. The van der Waals surface area contributed by atoms with Gasteiger partial charge in [-0.3, -0.25) is 14.4 Å². The van der Waals surface area contributed by atoms with Gasteiger partial charge in [0, 0.05) is 12.3 Å². The van der Waals surface area contributed by atoms with Gasteiger partial charge in [-0.2, -0.15) is 10.5 Å². The molecule has 1 fully saturated rings. The third kappa shape index (κ3) is 3.50. The Morgan fingerprint density at radius 2 is 1.91 bits per heavy atom. The van der Waals surface area contributed by atoms with Crippen LogP contribution in [0.3, 0.4) is 0 Å². The van der Waals surface area contributed by atoms with Crippen LogP contribution in [0, 0.1) is 39.9 Å². The highest BCUT2D eigenvalue weighted by Crippen LogP contribution is 2.43. The lowest BCUT2D eigenvalue weighted by Crippen LogP contribution is -2.51. The summed E-state index contributed by atoms with van der Waals surface area (Å²) in [6, 6.07) is 3.46. The largest absolute Gasteiger partial charge is 0.465 e. The van der Waals surface area contributed by atoms with E-state index in [0.29, 0.717) is 12.8 Å². The highest BCUT2D eigenvalue weighted by atomic mass is 16.5. The van der Waals surface area contributed by atoms with Crippen LogP contribution in [0.2, 0.25) is 0 Å². The molecule has 0 bridgehead atoms. The molecular formula is C16H20N2O5. The molecule has 0 aromatic carbocycles. The van der Waals surface area contributed by atoms with E-state index in [0.717, 1.165) is 0 Å². The first-order valence-corrected chi connectivity index (χ1v) is 7.66. The Morgan fingerprint density at radius 1 is 1.26 bits per heavy atom. The Balaban J connectivity index is 3.42. The number of hydrogen-bond donors (Lipinski definition) is 0. The molecule has 0 N–H and O–H groups in total. The minimum absolute atomic E-state index is 0.0000393. The van der Waals surface area contributed by atoms with Gasteiger partial charge in [0.1, 0.15) is 5.78 Å². The smallest absolute Gasteiger partial charge is 0.329 e. The first-order chi connectivity index (χ1) is 11.0. The van der Waals surface area contributed by atoms with Gasteiger partial charge in [-0.15, -0.1) is 0 Å². The summed E-state index contributed by atoms with van der Waals surface area (Å²) in [4.78, 5) is 36.9. The van der Waals surface area contributed by atoms with Crippen LogP contribution in [-0.4, -0.2) is 30.9 Å². The van der Waals surface area contributed by atoms with Crippen molar-refractivity contribution in [3.8, 4) is 12.1 Å². The summed E-state index contributed by atoms with van der Waals surface area (Å²) in [5.74, 6) is -5.02. The molecule has 0 spiro atoms.